The van der Waals surface area contributed by atoms with Crippen LogP contribution in [0, 0.1) is 6.92 Å². The smallest absolute Gasteiger partial charge is 0.243 e. The van der Waals surface area contributed by atoms with Gasteiger partial charge in [-0.2, -0.15) is 4.31 Å². The van der Waals surface area contributed by atoms with Crippen LogP contribution in [0.1, 0.15) is 17.6 Å². The molecule has 2 aromatic rings. The zero-order valence-corrected chi connectivity index (χ0v) is 13.0. The second-order valence-electron chi connectivity index (χ2n) is 5.09. The van der Waals surface area contributed by atoms with Crippen molar-refractivity contribution in [3.8, 4) is 0 Å². The van der Waals surface area contributed by atoms with Crippen LogP contribution in [-0.4, -0.2) is 42.4 Å². The Balaban J connectivity index is 1.84. The number of ether oxygens (including phenoxy) is 1. The van der Waals surface area contributed by atoms with Crippen LogP contribution in [0.25, 0.3) is 0 Å². The maximum absolute atomic E-state index is 12.7. The van der Waals surface area contributed by atoms with Gasteiger partial charge in [-0.3, -0.25) is 0 Å². The molecule has 0 N–H and O–H groups in total. The molecule has 0 spiro atoms. The lowest BCUT2D eigenvalue weighted by Crippen LogP contribution is -2.42. The van der Waals surface area contributed by atoms with Crippen molar-refractivity contribution in [2.45, 2.75) is 17.9 Å². The normalized spacial score (nSPS) is 20.0. The summed E-state index contributed by atoms with van der Waals surface area (Å²) < 4.78 is 32.4. The lowest BCUT2D eigenvalue weighted by atomic mass is 10.3. The van der Waals surface area contributed by atoms with E-state index in [2.05, 4.69) is 9.97 Å². The molecule has 0 amide bonds. The number of aromatic nitrogens is 2. The van der Waals surface area contributed by atoms with Gasteiger partial charge in [-0.15, -0.1) is 0 Å². The molecular weight excluding hydrogens is 302 g/mol. The summed E-state index contributed by atoms with van der Waals surface area (Å²) in [5, 5.41) is 0. The number of hydrogen-bond donors (Lipinski definition) is 0. The highest BCUT2D eigenvalue weighted by molar-refractivity contribution is 7.89. The van der Waals surface area contributed by atoms with Crippen LogP contribution in [0.3, 0.4) is 0 Å². The molecule has 1 aliphatic rings. The molecule has 1 aromatic carbocycles. The van der Waals surface area contributed by atoms with Gasteiger partial charge in [0.1, 0.15) is 6.10 Å². The fourth-order valence-corrected chi connectivity index (χ4v) is 3.81. The number of nitrogens with zero attached hydrogens (tertiary/aromatic N) is 3. The van der Waals surface area contributed by atoms with E-state index >= 15 is 0 Å². The molecule has 1 fully saturated rings. The van der Waals surface area contributed by atoms with Gasteiger partial charge in [-0.05, 0) is 25.1 Å². The Morgan fingerprint density at radius 2 is 2.00 bits per heavy atom. The van der Waals surface area contributed by atoms with E-state index in [9.17, 15) is 8.42 Å². The van der Waals surface area contributed by atoms with Gasteiger partial charge in [0.2, 0.25) is 10.0 Å². The van der Waals surface area contributed by atoms with Crippen molar-refractivity contribution < 1.29 is 13.2 Å². The Morgan fingerprint density at radius 3 is 2.73 bits per heavy atom. The van der Waals surface area contributed by atoms with Gasteiger partial charge >= 0.3 is 0 Å². The van der Waals surface area contributed by atoms with E-state index in [4.69, 9.17) is 4.74 Å². The standard InChI is InChI=1S/C15H17N3O3S/c1-12-7-8-16-15(17-12)14-11-18(9-10-21-14)22(19,20)13-5-3-2-4-6-13/h2-8,14H,9-11H2,1H3. The van der Waals surface area contributed by atoms with Crippen molar-refractivity contribution >= 4 is 10.0 Å². The second-order valence-corrected chi connectivity index (χ2v) is 7.03. The van der Waals surface area contributed by atoms with Crippen molar-refractivity contribution in [3.63, 3.8) is 0 Å². The summed E-state index contributed by atoms with van der Waals surface area (Å²) in [5.41, 5.74) is 0.830. The summed E-state index contributed by atoms with van der Waals surface area (Å²) in [5.74, 6) is 0.521. The first kappa shape index (κ1) is 15.1. The Morgan fingerprint density at radius 1 is 1.23 bits per heavy atom. The highest BCUT2D eigenvalue weighted by Gasteiger charge is 2.32. The summed E-state index contributed by atoms with van der Waals surface area (Å²) in [7, 11) is -3.52. The molecule has 1 aromatic heterocycles. The van der Waals surface area contributed by atoms with Crippen molar-refractivity contribution in [2.24, 2.45) is 0 Å². The lowest BCUT2D eigenvalue weighted by molar-refractivity contribution is -0.00761. The van der Waals surface area contributed by atoms with Gasteiger partial charge in [0.15, 0.2) is 5.82 Å². The Bertz CT molecular complexity index is 750. The summed E-state index contributed by atoms with van der Waals surface area (Å²) >= 11 is 0. The highest BCUT2D eigenvalue weighted by atomic mass is 32.2. The fraction of sp³-hybridized carbons (Fsp3) is 0.333. The van der Waals surface area contributed by atoms with Crippen molar-refractivity contribution in [1.82, 2.24) is 14.3 Å². The van der Waals surface area contributed by atoms with E-state index in [1.54, 1.807) is 42.6 Å². The summed E-state index contributed by atoms with van der Waals surface area (Å²) in [6.45, 7) is 2.75. The van der Waals surface area contributed by atoms with Crippen molar-refractivity contribution in [1.29, 1.82) is 0 Å². The zero-order valence-electron chi connectivity index (χ0n) is 12.2. The number of sulfonamides is 1. The van der Waals surface area contributed by atoms with Gasteiger partial charge in [-0.1, -0.05) is 18.2 Å². The molecule has 1 atom stereocenters. The van der Waals surface area contributed by atoms with E-state index in [0.717, 1.165) is 5.69 Å². The van der Waals surface area contributed by atoms with Crippen molar-refractivity contribution in [3.05, 3.63) is 54.1 Å². The average Bonchev–Trinajstić information content (AvgIpc) is 2.56. The Labute approximate surface area is 129 Å². The van der Waals surface area contributed by atoms with Crippen molar-refractivity contribution in [2.75, 3.05) is 19.7 Å². The lowest BCUT2D eigenvalue weighted by Gasteiger charge is -2.31. The highest BCUT2D eigenvalue weighted by Crippen LogP contribution is 2.24. The molecule has 6 nitrogen and oxygen atoms in total. The molecule has 0 bridgehead atoms. The average molecular weight is 319 g/mol. The molecule has 7 heteroatoms. The molecule has 1 aliphatic heterocycles. The summed E-state index contributed by atoms with van der Waals surface area (Å²) in [6.07, 6.45) is 1.22. The fourth-order valence-electron chi connectivity index (χ4n) is 2.37. The number of morpholine rings is 1. The Hall–Kier alpha value is -1.83. The van der Waals surface area contributed by atoms with Crippen LogP contribution in [0.5, 0.6) is 0 Å². The summed E-state index contributed by atoms with van der Waals surface area (Å²) in [6, 6.07) is 10.2. The van der Waals surface area contributed by atoms with E-state index in [0.29, 0.717) is 23.9 Å². The topological polar surface area (TPSA) is 72.4 Å². The first-order valence-electron chi connectivity index (χ1n) is 7.04. The Kier molecular flexibility index (Phi) is 4.19. The first-order valence-corrected chi connectivity index (χ1v) is 8.48. The van der Waals surface area contributed by atoms with Gasteiger partial charge in [0.25, 0.3) is 0 Å². The van der Waals surface area contributed by atoms with Gasteiger partial charge in [0.05, 0.1) is 11.5 Å². The molecule has 0 aliphatic carbocycles. The number of hydrogen-bond acceptors (Lipinski definition) is 5. The molecular formula is C15H17N3O3S. The van der Waals surface area contributed by atoms with Gasteiger partial charge < -0.3 is 4.74 Å². The van der Waals surface area contributed by atoms with Gasteiger partial charge in [0, 0.05) is 25.0 Å². The van der Waals surface area contributed by atoms with Crippen LogP contribution in [-0.2, 0) is 14.8 Å². The van der Waals surface area contributed by atoms with E-state index in [1.165, 1.54) is 4.31 Å². The van der Waals surface area contributed by atoms with Crippen LogP contribution >= 0.6 is 0 Å². The van der Waals surface area contributed by atoms with E-state index < -0.39 is 16.1 Å². The summed E-state index contributed by atoms with van der Waals surface area (Å²) in [4.78, 5) is 8.82. The van der Waals surface area contributed by atoms with Gasteiger partial charge in [-0.25, -0.2) is 18.4 Å². The van der Waals surface area contributed by atoms with E-state index in [1.807, 2.05) is 6.92 Å². The predicted molar refractivity (Wildman–Crippen MR) is 80.7 cm³/mol. The minimum absolute atomic E-state index is 0.223. The SMILES string of the molecule is Cc1ccnc(C2CN(S(=O)(=O)c3ccccc3)CCO2)n1. The van der Waals surface area contributed by atoms with E-state index in [-0.39, 0.29) is 6.54 Å². The number of rotatable bonds is 3. The molecule has 2 heterocycles. The maximum atomic E-state index is 12.7. The quantitative estimate of drug-likeness (QED) is 0.858. The molecule has 116 valence electrons. The largest absolute Gasteiger partial charge is 0.367 e. The maximum Gasteiger partial charge on any atom is 0.243 e. The number of aryl methyl sites for hydroxylation is 1. The molecule has 1 unspecified atom stereocenters. The molecule has 1 saturated heterocycles. The zero-order chi connectivity index (χ0) is 15.6. The predicted octanol–water partition coefficient (Wildman–Crippen LogP) is 1.55. The number of benzene rings is 1. The van der Waals surface area contributed by atoms with Crippen LogP contribution < -0.4 is 0 Å². The molecule has 22 heavy (non-hydrogen) atoms. The minimum atomic E-state index is -3.52. The third kappa shape index (κ3) is 3.01. The third-order valence-electron chi connectivity index (χ3n) is 3.51. The third-order valence-corrected chi connectivity index (χ3v) is 5.39. The molecule has 0 radical (unpaired) electrons. The van der Waals surface area contributed by atoms with Crippen LogP contribution in [0.4, 0.5) is 0 Å². The minimum Gasteiger partial charge on any atom is -0.367 e. The monoisotopic (exact) mass is 319 g/mol. The molecule has 0 saturated carbocycles. The first-order chi connectivity index (χ1) is 10.6. The molecule has 3 rings (SSSR count). The van der Waals surface area contributed by atoms with Crippen LogP contribution in [0.2, 0.25) is 0 Å². The van der Waals surface area contributed by atoms with Crippen LogP contribution in [0.15, 0.2) is 47.5 Å². The second kappa shape index (κ2) is 6.12.